The molecule has 3 rings (SSSR count). The maximum absolute atomic E-state index is 13.4. The van der Waals surface area contributed by atoms with Crippen molar-refractivity contribution in [3.8, 4) is 11.1 Å². The van der Waals surface area contributed by atoms with Gasteiger partial charge in [-0.05, 0) is 63.3 Å². The quantitative estimate of drug-likeness (QED) is 0.466. The molecule has 1 aromatic carbocycles. The van der Waals surface area contributed by atoms with Crippen LogP contribution < -0.4 is 21.9 Å². The standard InChI is InChI=1S/C27H36N4O5/c1-17-14-20(16-29-23(17)33)19-10-8-18(9-11-19)15-21(22(28)32)30-24(34)27(12-6-5-7-13-27)31-25(35)36-26(2,3)4/h8-11,14,16,21H,5-7,12-13,15H2,1-4H3,(H2,28,32)(H,29,33)(H,30,34)(H,31,35)/t21-/m0/s1. The molecule has 9 nitrogen and oxygen atoms in total. The van der Waals surface area contributed by atoms with Gasteiger partial charge in [-0.15, -0.1) is 0 Å². The number of benzene rings is 1. The van der Waals surface area contributed by atoms with E-state index in [1.54, 1.807) is 33.9 Å². The van der Waals surface area contributed by atoms with E-state index in [4.69, 9.17) is 10.5 Å². The molecule has 9 heteroatoms. The third kappa shape index (κ3) is 6.96. The summed E-state index contributed by atoms with van der Waals surface area (Å²) < 4.78 is 5.38. The molecule has 0 unspecified atom stereocenters. The number of amides is 3. The Bertz CT molecular complexity index is 1160. The molecule has 2 aromatic rings. The van der Waals surface area contributed by atoms with Crippen LogP contribution in [-0.2, 0) is 20.7 Å². The molecule has 1 aromatic heterocycles. The largest absolute Gasteiger partial charge is 0.444 e. The number of aromatic nitrogens is 1. The average Bonchev–Trinajstić information content (AvgIpc) is 2.80. The third-order valence-corrected chi connectivity index (χ3v) is 6.35. The van der Waals surface area contributed by atoms with Crippen molar-refractivity contribution in [2.24, 2.45) is 5.73 Å². The summed E-state index contributed by atoms with van der Waals surface area (Å²) in [6, 6.07) is 8.34. The maximum Gasteiger partial charge on any atom is 0.408 e. The van der Waals surface area contributed by atoms with Crippen LogP contribution in [0.25, 0.3) is 11.1 Å². The van der Waals surface area contributed by atoms with Gasteiger partial charge in [0.25, 0.3) is 5.56 Å². The molecular formula is C27H36N4O5. The number of aromatic amines is 1. The number of H-pyrrole nitrogens is 1. The average molecular weight is 497 g/mol. The van der Waals surface area contributed by atoms with Crippen LogP contribution in [-0.4, -0.2) is 40.1 Å². The summed E-state index contributed by atoms with van der Waals surface area (Å²) in [7, 11) is 0. The normalized spacial score (nSPS) is 16.0. The number of nitrogens with two attached hydrogens (primary N) is 1. The van der Waals surface area contributed by atoms with Crippen LogP contribution in [0.1, 0.15) is 64.0 Å². The van der Waals surface area contributed by atoms with Crippen molar-refractivity contribution < 1.29 is 19.1 Å². The molecular weight excluding hydrogens is 460 g/mol. The lowest BCUT2D eigenvalue weighted by atomic mass is 9.80. The fraction of sp³-hybridized carbons (Fsp3) is 0.481. The molecule has 1 heterocycles. The van der Waals surface area contributed by atoms with Gasteiger partial charge in [0.05, 0.1) is 0 Å². The monoisotopic (exact) mass is 496 g/mol. The van der Waals surface area contributed by atoms with E-state index in [0.717, 1.165) is 36.0 Å². The van der Waals surface area contributed by atoms with Crippen molar-refractivity contribution >= 4 is 17.9 Å². The van der Waals surface area contributed by atoms with E-state index in [1.807, 2.05) is 30.3 Å². The Hall–Kier alpha value is -3.62. The van der Waals surface area contributed by atoms with E-state index in [9.17, 15) is 19.2 Å². The number of hydrogen-bond acceptors (Lipinski definition) is 5. The van der Waals surface area contributed by atoms with Crippen LogP contribution in [0.2, 0.25) is 0 Å². The topological polar surface area (TPSA) is 143 Å². The van der Waals surface area contributed by atoms with Crippen LogP contribution in [0.4, 0.5) is 4.79 Å². The minimum Gasteiger partial charge on any atom is -0.444 e. The predicted octanol–water partition coefficient (Wildman–Crippen LogP) is 3.09. The van der Waals surface area contributed by atoms with Gasteiger partial charge >= 0.3 is 6.09 Å². The second-order valence-electron chi connectivity index (χ2n) is 10.5. The molecule has 1 aliphatic carbocycles. The highest BCUT2D eigenvalue weighted by molar-refractivity contribution is 5.94. The summed E-state index contributed by atoms with van der Waals surface area (Å²) in [6.07, 6.45) is 4.61. The van der Waals surface area contributed by atoms with Gasteiger partial charge in [-0.2, -0.15) is 0 Å². The Labute approximate surface area is 211 Å². The molecule has 0 aliphatic heterocycles. The zero-order chi connectivity index (χ0) is 26.5. The number of aryl methyl sites for hydroxylation is 1. The smallest absolute Gasteiger partial charge is 0.408 e. The van der Waals surface area contributed by atoms with E-state index in [2.05, 4.69) is 15.6 Å². The Balaban J connectivity index is 1.73. The van der Waals surface area contributed by atoms with Gasteiger partial charge in [-0.1, -0.05) is 43.5 Å². The van der Waals surface area contributed by atoms with Crippen molar-refractivity contribution in [3.63, 3.8) is 0 Å². The van der Waals surface area contributed by atoms with Crippen molar-refractivity contribution in [1.29, 1.82) is 0 Å². The van der Waals surface area contributed by atoms with Gasteiger partial charge in [-0.25, -0.2) is 4.79 Å². The SMILES string of the molecule is Cc1cc(-c2ccc(C[C@H](NC(=O)C3(NC(=O)OC(C)(C)C)CCCCC3)C(N)=O)cc2)c[nH]c1=O. The number of pyridine rings is 1. The van der Waals surface area contributed by atoms with Crippen molar-refractivity contribution in [2.75, 3.05) is 0 Å². The zero-order valence-electron chi connectivity index (χ0n) is 21.4. The summed E-state index contributed by atoms with van der Waals surface area (Å²) in [5.74, 6) is -1.09. The Morgan fingerprint density at radius 1 is 1.08 bits per heavy atom. The highest BCUT2D eigenvalue weighted by Gasteiger charge is 2.43. The number of carbonyl (C=O) groups is 3. The molecule has 194 valence electrons. The van der Waals surface area contributed by atoms with Gasteiger partial charge in [-0.3, -0.25) is 14.4 Å². The van der Waals surface area contributed by atoms with Gasteiger partial charge in [0.1, 0.15) is 17.2 Å². The van der Waals surface area contributed by atoms with Gasteiger partial charge in [0.15, 0.2) is 0 Å². The van der Waals surface area contributed by atoms with Crippen LogP contribution in [0, 0.1) is 6.92 Å². The molecule has 36 heavy (non-hydrogen) atoms. The fourth-order valence-corrected chi connectivity index (χ4v) is 4.42. The Morgan fingerprint density at radius 3 is 2.28 bits per heavy atom. The van der Waals surface area contributed by atoms with Gasteiger partial charge in [0.2, 0.25) is 11.8 Å². The molecule has 0 bridgehead atoms. The molecule has 1 atom stereocenters. The summed E-state index contributed by atoms with van der Waals surface area (Å²) in [5.41, 5.74) is 6.85. The first-order valence-electron chi connectivity index (χ1n) is 12.3. The first kappa shape index (κ1) is 27.0. The number of hydrogen-bond donors (Lipinski definition) is 4. The molecule has 5 N–H and O–H groups in total. The molecule has 3 amide bonds. The Morgan fingerprint density at radius 2 is 1.72 bits per heavy atom. The highest BCUT2D eigenvalue weighted by atomic mass is 16.6. The van der Waals surface area contributed by atoms with E-state index < -0.39 is 35.1 Å². The lowest BCUT2D eigenvalue weighted by molar-refractivity contribution is -0.133. The Kier molecular flexibility index (Phi) is 8.22. The lowest BCUT2D eigenvalue weighted by Gasteiger charge is -2.37. The molecule has 0 radical (unpaired) electrons. The molecule has 1 fully saturated rings. The number of alkyl carbamates (subject to hydrolysis) is 1. The second kappa shape index (κ2) is 11.0. The number of primary amides is 1. The zero-order valence-corrected chi connectivity index (χ0v) is 21.4. The highest BCUT2D eigenvalue weighted by Crippen LogP contribution is 2.29. The van der Waals surface area contributed by atoms with Gasteiger partial charge < -0.3 is 26.1 Å². The van der Waals surface area contributed by atoms with Crippen LogP contribution in [0.3, 0.4) is 0 Å². The van der Waals surface area contributed by atoms with E-state index in [1.165, 1.54) is 0 Å². The minimum atomic E-state index is -1.15. The van der Waals surface area contributed by atoms with E-state index >= 15 is 0 Å². The molecule has 0 saturated heterocycles. The summed E-state index contributed by atoms with van der Waals surface area (Å²) in [6.45, 7) is 7.01. The van der Waals surface area contributed by atoms with Crippen molar-refractivity contribution in [3.05, 3.63) is 58.0 Å². The third-order valence-electron chi connectivity index (χ3n) is 6.35. The predicted molar refractivity (Wildman–Crippen MR) is 137 cm³/mol. The summed E-state index contributed by atoms with van der Waals surface area (Å²) in [4.78, 5) is 52.5. The van der Waals surface area contributed by atoms with Crippen molar-refractivity contribution in [2.45, 2.75) is 83.4 Å². The molecule has 0 spiro atoms. The summed E-state index contributed by atoms with van der Waals surface area (Å²) in [5, 5.41) is 5.56. The van der Waals surface area contributed by atoms with Crippen LogP contribution in [0.15, 0.2) is 41.3 Å². The van der Waals surface area contributed by atoms with E-state index in [-0.39, 0.29) is 12.0 Å². The number of nitrogens with one attached hydrogen (secondary N) is 3. The minimum absolute atomic E-state index is 0.132. The number of carbonyl (C=O) groups excluding carboxylic acids is 3. The number of ether oxygens (including phenoxy) is 1. The van der Waals surface area contributed by atoms with E-state index in [0.29, 0.717) is 18.4 Å². The first-order chi connectivity index (χ1) is 16.9. The van der Waals surface area contributed by atoms with Crippen LogP contribution >= 0.6 is 0 Å². The first-order valence-corrected chi connectivity index (χ1v) is 12.3. The van der Waals surface area contributed by atoms with Crippen molar-refractivity contribution in [1.82, 2.24) is 15.6 Å². The van der Waals surface area contributed by atoms with Gasteiger partial charge in [0, 0.05) is 18.2 Å². The molecule has 1 aliphatic rings. The van der Waals surface area contributed by atoms with Crippen LogP contribution in [0.5, 0.6) is 0 Å². The number of rotatable bonds is 7. The molecule has 1 saturated carbocycles. The fourth-order valence-electron chi connectivity index (χ4n) is 4.42. The summed E-state index contributed by atoms with van der Waals surface area (Å²) >= 11 is 0. The second-order valence-corrected chi connectivity index (χ2v) is 10.5. The lowest BCUT2D eigenvalue weighted by Crippen LogP contribution is -2.63. The maximum atomic E-state index is 13.4.